The summed E-state index contributed by atoms with van der Waals surface area (Å²) in [5.41, 5.74) is 3.23. The van der Waals surface area contributed by atoms with Crippen LogP contribution in [0.4, 0.5) is 0 Å². The molecule has 0 spiro atoms. The highest BCUT2D eigenvalue weighted by Gasteiger charge is 2.05. The highest BCUT2D eigenvalue weighted by Crippen LogP contribution is 2.14. The molecule has 2 aromatic carbocycles. The molecular weight excluding hydrogens is 326 g/mol. The van der Waals surface area contributed by atoms with E-state index in [4.69, 9.17) is 4.74 Å². The Morgan fingerprint density at radius 1 is 1.08 bits per heavy atom. The van der Waals surface area contributed by atoms with Gasteiger partial charge in [-0.05, 0) is 48.2 Å². The first-order valence-corrected chi connectivity index (χ1v) is 8.73. The fourth-order valence-corrected chi connectivity index (χ4v) is 2.73. The van der Waals surface area contributed by atoms with Crippen LogP contribution in [0, 0.1) is 0 Å². The molecule has 3 aromatic rings. The molecule has 0 saturated carbocycles. The van der Waals surface area contributed by atoms with Crippen molar-refractivity contribution < 1.29 is 9.53 Å². The van der Waals surface area contributed by atoms with Crippen molar-refractivity contribution in [2.45, 2.75) is 19.3 Å². The second-order valence-corrected chi connectivity index (χ2v) is 6.08. The summed E-state index contributed by atoms with van der Waals surface area (Å²) in [5, 5.41) is 7.34. The van der Waals surface area contributed by atoms with Crippen molar-refractivity contribution in [2.75, 3.05) is 13.7 Å². The molecule has 134 valence electrons. The van der Waals surface area contributed by atoms with Crippen LogP contribution < -0.4 is 10.1 Å². The Morgan fingerprint density at radius 2 is 1.92 bits per heavy atom. The van der Waals surface area contributed by atoms with Gasteiger partial charge in [-0.2, -0.15) is 5.10 Å². The van der Waals surface area contributed by atoms with Gasteiger partial charge in [0.15, 0.2) is 0 Å². The zero-order valence-electron chi connectivity index (χ0n) is 14.9. The van der Waals surface area contributed by atoms with Crippen LogP contribution >= 0.6 is 0 Å². The van der Waals surface area contributed by atoms with Gasteiger partial charge in [0.25, 0.3) is 0 Å². The lowest BCUT2D eigenvalue weighted by molar-refractivity contribution is -0.121. The number of carbonyl (C=O) groups is 1. The lowest BCUT2D eigenvalue weighted by Crippen LogP contribution is -2.25. The zero-order chi connectivity index (χ0) is 18.2. The molecule has 0 bridgehead atoms. The molecule has 3 rings (SSSR count). The second kappa shape index (κ2) is 8.85. The van der Waals surface area contributed by atoms with Crippen molar-refractivity contribution >= 4 is 5.91 Å². The molecule has 0 atom stereocenters. The Bertz CT molecular complexity index is 843. The smallest absolute Gasteiger partial charge is 0.220 e. The number of methoxy groups -OCH3 is 1. The van der Waals surface area contributed by atoms with E-state index in [9.17, 15) is 4.79 Å². The fraction of sp³-hybridized carbons (Fsp3) is 0.238. The summed E-state index contributed by atoms with van der Waals surface area (Å²) < 4.78 is 7.05. The summed E-state index contributed by atoms with van der Waals surface area (Å²) in [5.74, 6) is 0.876. The maximum Gasteiger partial charge on any atom is 0.220 e. The SMILES string of the molecule is COc1cccc(CCC(=O)NCCc2cnn(-c3ccccc3)c2)c1. The molecule has 5 nitrogen and oxygen atoms in total. The van der Waals surface area contributed by atoms with Crippen molar-refractivity contribution in [1.29, 1.82) is 0 Å². The Morgan fingerprint density at radius 3 is 2.73 bits per heavy atom. The third-order valence-corrected chi connectivity index (χ3v) is 4.17. The molecule has 0 aliphatic carbocycles. The minimum absolute atomic E-state index is 0.0586. The number of para-hydroxylation sites is 1. The van der Waals surface area contributed by atoms with Crippen LogP contribution in [0.15, 0.2) is 67.0 Å². The van der Waals surface area contributed by atoms with Gasteiger partial charge in [0.2, 0.25) is 5.91 Å². The molecule has 0 aliphatic rings. The summed E-state index contributed by atoms with van der Waals surface area (Å²) >= 11 is 0. The Balaban J connectivity index is 1.42. The van der Waals surface area contributed by atoms with Crippen LogP contribution in [0.2, 0.25) is 0 Å². The van der Waals surface area contributed by atoms with Crippen molar-refractivity contribution in [3.63, 3.8) is 0 Å². The van der Waals surface area contributed by atoms with Crippen molar-refractivity contribution in [3.8, 4) is 11.4 Å². The average Bonchev–Trinajstić information content (AvgIpc) is 3.16. The third-order valence-electron chi connectivity index (χ3n) is 4.17. The summed E-state index contributed by atoms with van der Waals surface area (Å²) in [7, 11) is 1.64. The quantitative estimate of drug-likeness (QED) is 0.680. The number of nitrogens with zero attached hydrogens (tertiary/aromatic N) is 2. The molecule has 0 radical (unpaired) electrons. The van der Waals surface area contributed by atoms with E-state index >= 15 is 0 Å². The highest BCUT2D eigenvalue weighted by atomic mass is 16.5. The summed E-state index contributed by atoms with van der Waals surface area (Å²) in [6.07, 6.45) is 5.77. The van der Waals surface area contributed by atoms with Crippen LogP contribution in [0.1, 0.15) is 17.5 Å². The molecule has 5 heteroatoms. The van der Waals surface area contributed by atoms with E-state index < -0.39 is 0 Å². The molecule has 0 unspecified atom stereocenters. The lowest BCUT2D eigenvalue weighted by atomic mass is 10.1. The minimum atomic E-state index is 0.0586. The predicted octanol–water partition coefficient (Wildman–Crippen LogP) is 3.17. The topological polar surface area (TPSA) is 56.1 Å². The molecule has 1 heterocycles. The molecular formula is C21H23N3O2. The van der Waals surface area contributed by atoms with Crippen molar-refractivity contribution in [1.82, 2.24) is 15.1 Å². The summed E-state index contributed by atoms with van der Waals surface area (Å²) in [6, 6.07) is 17.8. The Kier molecular flexibility index (Phi) is 6.04. The molecule has 0 saturated heterocycles. The van der Waals surface area contributed by atoms with E-state index in [1.807, 2.05) is 71.7 Å². The highest BCUT2D eigenvalue weighted by molar-refractivity contribution is 5.76. The predicted molar refractivity (Wildman–Crippen MR) is 102 cm³/mol. The number of aryl methyl sites for hydroxylation is 1. The summed E-state index contributed by atoms with van der Waals surface area (Å²) in [6.45, 7) is 0.609. The van der Waals surface area contributed by atoms with E-state index in [1.54, 1.807) is 7.11 Å². The first-order chi connectivity index (χ1) is 12.7. The van der Waals surface area contributed by atoms with Crippen LogP contribution in [0.25, 0.3) is 5.69 Å². The number of amides is 1. The molecule has 26 heavy (non-hydrogen) atoms. The summed E-state index contributed by atoms with van der Waals surface area (Å²) in [4.78, 5) is 12.0. The number of ether oxygens (including phenoxy) is 1. The van der Waals surface area contributed by atoms with Gasteiger partial charge < -0.3 is 10.1 Å². The van der Waals surface area contributed by atoms with E-state index in [0.717, 1.165) is 29.0 Å². The van der Waals surface area contributed by atoms with Gasteiger partial charge in [-0.3, -0.25) is 4.79 Å². The van der Waals surface area contributed by atoms with Gasteiger partial charge in [-0.1, -0.05) is 30.3 Å². The number of rotatable bonds is 8. The minimum Gasteiger partial charge on any atom is -0.497 e. The van der Waals surface area contributed by atoms with Crippen LogP contribution in [0.5, 0.6) is 5.75 Å². The van der Waals surface area contributed by atoms with E-state index in [2.05, 4.69) is 10.4 Å². The first kappa shape index (κ1) is 17.7. The van der Waals surface area contributed by atoms with Gasteiger partial charge in [0, 0.05) is 19.2 Å². The van der Waals surface area contributed by atoms with Gasteiger partial charge in [0.05, 0.1) is 19.0 Å². The molecule has 1 aromatic heterocycles. The van der Waals surface area contributed by atoms with Gasteiger partial charge in [-0.25, -0.2) is 4.68 Å². The van der Waals surface area contributed by atoms with E-state index in [1.165, 1.54) is 0 Å². The van der Waals surface area contributed by atoms with Crippen molar-refractivity contribution in [2.24, 2.45) is 0 Å². The zero-order valence-corrected chi connectivity index (χ0v) is 14.9. The first-order valence-electron chi connectivity index (χ1n) is 8.73. The fourth-order valence-electron chi connectivity index (χ4n) is 2.73. The molecule has 1 N–H and O–H groups in total. The monoisotopic (exact) mass is 349 g/mol. The maximum absolute atomic E-state index is 12.0. The van der Waals surface area contributed by atoms with Gasteiger partial charge >= 0.3 is 0 Å². The van der Waals surface area contributed by atoms with E-state index in [-0.39, 0.29) is 5.91 Å². The number of aromatic nitrogens is 2. The maximum atomic E-state index is 12.0. The largest absolute Gasteiger partial charge is 0.497 e. The van der Waals surface area contributed by atoms with Gasteiger partial charge in [-0.15, -0.1) is 0 Å². The standard InChI is InChI=1S/C21H23N3O2/c1-26-20-9-5-6-17(14-20)10-11-21(25)22-13-12-18-15-23-24(16-18)19-7-3-2-4-8-19/h2-9,14-16H,10-13H2,1H3,(H,22,25). The lowest BCUT2D eigenvalue weighted by Gasteiger charge is -2.06. The van der Waals surface area contributed by atoms with Crippen LogP contribution in [-0.4, -0.2) is 29.3 Å². The molecule has 0 aliphatic heterocycles. The van der Waals surface area contributed by atoms with E-state index in [0.29, 0.717) is 19.4 Å². The normalized spacial score (nSPS) is 10.5. The average molecular weight is 349 g/mol. The molecule has 1 amide bonds. The molecule has 0 fully saturated rings. The van der Waals surface area contributed by atoms with Crippen LogP contribution in [-0.2, 0) is 17.6 Å². The number of nitrogens with one attached hydrogen (secondary N) is 1. The number of carbonyl (C=O) groups excluding carboxylic acids is 1. The number of hydrogen-bond donors (Lipinski definition) is 1. The third kappa shape index (κ3) is 4.96. The van der Waals surface area contributed by atoms with Crippen LogP contribution in [0.3, 0.4) is 0 Å². The number of hydrogen-bond acceptors (Lipinski definition) is 3. The van der Waals surface area contributed by atoms with Gasteiger partial charge in [0.1, 0.15) is 5.75 Å². The Labute approximate surface area is 153 Å². The number of benzene rings is 2. The Hall–Kier alpha value is -3.08. The van der Waals surface area contributed by atoms with Crippen molar-refractivity contribution in [3.05, 3.63) is 78.1 Å². The second-order valence-electron chi connectivity index (χ2n) is 6.08.